The van der Waals surface area contributed by atoms with Crippen molar-refractivity contribution in [3.8, 4) is 0 Å². The van der Waals surface area contributed by atoms with Gasteiger partial charge in [-0.2, -0.15) is 0 Å². The maximum absolute atomic E-state index is 10.7. The SMILES string of the molecule is Cl.N[C@H](c1cccc([N+](=O)[O-])c1)C1CCCC1. The molecule has 5 heteroatoms. The Kier molecular flexibility index (Phi) is 4.90. The average molecular weight is 257 g/mol. The van der Waals surface area contributed by atoms with Crippen LogP contribution in [-0.2, 0) is 0 Å². The minimum Gasteiger partial charge on any atom is -0.324 e. The van der Waals surface area contributed by atoms with Crippen molar-refractivity contribution in [3.63, 3.8) is 0 Å². The van der Waals surface area contributed by atoms with Gasteiger partial charge in [-0.3, -0.25) is 10.1 Å². The summed E-state index contributed by atoms with van der Waals surface area (Å²) in [7, 11) is 0. The second kappa shape index (κ2) is 5.98. The lowest BCUT2D eigenvalue weighted by atomic mass is 9.92. The van der Waals surface area contributed by atoms with Crippen molar-refractivity contribution in [1.82, 2.24) is 0 Å². The first kappa shape index (κ1) is 13.9. The van der Waals surface area contributed by atoms with E-state index in [1.807, 2.05) is 6.07 Å². The molecule has 0 unspecified atom stereocenters. The first-order valence-electron chi connectivity index (χ1n) is 5.68. The van der Waals surface area contributed by atoms with Gasteiger partial charge in [0, 0.05) is 18.2 Å². The molecule has 1 aliphatic rings. The quantitative estimate of drug-likeness (QED) is 0.667. The highest BCUT2D eigenvalue weighted by Crippen LogP contribution is 2.34. The molecule has 94 valence electrons. The van der Waals surface area contributed by atoms with Crippen LogP contribution in [0, 0.1) is 16.0 Å². The summed E-state index contributed by atoms with van der Waals surface area (Å²) in [5, 5.41) is 10.7. The van der Waals surface area contributed by atoms with Gasteiger partial charge in [-0.05, 0) is 24.3 Å². The van der Waals surface area contributed by atoms with Crippen LogP contribution in [0.3, 0.4) is 0 Å². The third kappa shape index (κ3) is 3.17. The summed E-state index contributed by atoms with van der Waals surface area (Å²) < 4.78 is 0. The van der Waals surface area contributed by atoms with E-state index in [-0.39, 0.29) is 29.1 Å². The van der Waals surface area contributed by atoms with E-state index in [0.29, 0.717) is 5.92 Å². The number of nitro groups is 1. The van der Waals surface area contributed by atoms with Crippen LogP contribution in [0.15, 0.2) is 24.3 Å². The van der Waals surface area contributed by atoms with Gasteiger partial charge >= 0.3 is 0 Å². The summed E-state index contributed by atoms with van der Waals surface area (Å²) in [5.74, 6) is 0.488. The van der Waals surface area contributed by atoms with Crippen molar-refractivity contribution in [1.29, 1.82) is 0 Å². The van der Waals surface area contributed by atoms with Crippen LogP contribution in [0.1, 0.15) is 37.3 Å². The maximum Gasteiger partial charge on any atom is 0.269 e. The van der Waals surface area contributed by atoms with E-state index in [1.54, 1.807) is 12.1 Å². The van der Waals surface area contributed by atoms with Crippen molar-refractivity contribution in [2.45, 2.75) is 31.7 Å². The second-order valence-electron chi connectivity index (χ2n) is 4.42. The van der Waals surface area contributed by atoms with Crippen molar-refractivity contribution in [3.05, 3.63) is 39.9 Å². The number of non-ortho nitro benzene ring substituents is 1. The Labute approximate surface area is 107 Å². The minimum absolute atomic E-state index is 0. The fourth-order valence-corrected chi connectivity index (χ4v) is 2.43. The highest BCUT2D eigenvalue weighted by atomic mass is 35.5. The zero-order valence-electron chi connectivity index (χ0n) is 9.54. The molecule has 1 aromatic carbocycles. The van der Waals surface area contributed by atoms with Crippen molar-refractivity contribution in [2.75, 3.05) is 0 Å². The molecular formula is C12H17ClN2O2. The van der Waals surface area contributed by atoms with Crippen LogP contribution in [0.2, 0.25) is 0 Å². The predicted octanol–water partition coefficient (Wildman–Crippen LogP) is 3.21. The molecule has 2 rings (SSSR count). The summed E-state index contributed by atoms with van der Waals surface area (Å²) >= 11 is 0. The molecule has 1 saturated carbocycles. The number of halogens is 1. The van der Waals surface area contributed by atoms with Crippen LogP contribution in [0.5, 0.6) is 0 Å². The van der Waals surface area contributed by atoms with Crippen LogP contribution in [0.4, 0.5) is 5.69 Å². The molecule has 1 fully saturated rings. The van der Waals surface area contributed by atoms with E-state index in [9.17, 15) is 10.1 Å². The molecule has 0 saturated heterocycles. The first-order valence-corrected chi connectivity index (χ1v) is 5.68. The fourth-order valence-electron chi connectivity index (χ4n) is 2.43. The third-order valence-corrected chi connectivity index (χ3v) is 3.37. The molecule has 4 nitrogen and oxygen atoms in total. The standard InChI is InChI=1S/C12H16N2O2.ClH/c13-12(9-4-1-2-5-9)10-6-3-7-11(8-10)14(15)16;/h3,6-9,12H,1-2,4-5,13H2;1H/t12-;/m0./s1. The van der Waals surface area contributed by atoms with Gasteiger partial charge in [-0.15, -0.1) is 12.4 Å². The van der Waals surface area contributed by atoms with E-state index < -0.39 is 0 Å². The third-order valence-electron chi connectivity index (χ3n) is 3.37. The van der Waals surface area contributed by atoms with E-state index in [4.69, 9.17) is 5.73 Å². The smallest absolute Gasteiger partial charge is 0.269 e. The Morgan fingerprint density at radius 3 is 2.59 bits per heavy atom. The van der Waals surface area contributed by atoms with Gasteiger partial charge in [0.1, 0.15) is 0 Å². The highest BCUT2D eigenvalue weighted by molar-refractivity contribution is 5.85. The predicted molar refractivity (Wildman–Crippen MR) is 69.2 cm³/mol. The van der Waals surface area contributed by atoms with Gasteiger partial charge < -0.3 is 5.73 Å². The van der Waals surface area contributed by atoms with Crippen molar-refractivity contribution < 1.29 is 4.92 Å². The van der Waals surface area contributed by atoms with Gasteiger partial charge in [0.05, 0.1) is 4.92 Å². The largest absolute Gasteiger partial charge is 0.324 e. The monoisotopic (exact) mass is 256 g/mol. The molecule has 0 radical (unpaired) electrons. The number of hydrogen-bond donors (Lipinski definition) is 1. The fraction of sp³-hybridized carbons (Fsp3) is 0.500. The van der Waals surface area contributed by atoms with E-state index in [0.717, 1.165) is 18.4 Å². The van der Waals surface area contributed by atoms with Gasteiger partial charge in [0.2, 0.25) is 0 Å². The first-order chi connectivity index (χ1) is 7.68. The molecule has 0 aliphatic heterocycles. The molecule has 17 heavy (non-hydrogen) atoms. The summed E-state index contributed by atoms with van der Waals surface area (Å²) in [6.07, 6.45) is 4.74. The zero-order valence-corrected chi connectivity index (χ0v) is 10.4. The Hall–Kier alpha value is -1.13. The minimum atomic E-state index is -0.370. The van der Waals surface area contributed by atoms with Gasteiger partial charge in [-0.25, -0.2) is 0 Å². The maximum atomic E-state index is 10.7. The number of nitrogens with two attached hydrogens (primary N) is 1. The lowest BCUT2D eigenvalue weighted by Crippen LogP contribution is -2.19. The van der Waals surface area contributed by atoms with Gasteiger partial charge in [-0.1, -0.05) is 25.0 Å². The average Bonchev–Trinajstić information content (AvgIpc) is 2.81. The summed E-state index contributed by atoms with van der Waals surface area (Å²) in [4.78, 5) is 10.3. The molecule has 1 atom stereocenters. The Bertz CT molecular complexity index is 392. The highest BCUT2D eigenvalue weighted by Gasteiger charge is 2.24. The van der Waals surface area contributed by atoms with Crippen LogP contribution >= 0.6 is 12.4 Å². The van der Waals surface area contributed by atoms with Crippen LogP contribution in [-0.4, -0.2) is 4.92 Å². The normalized spacial score (nSPS) is 17.5. The Morgan fingerprint density at radius 1 is 1.35 bits per heavy atom. The second-order valence-corrected chi connectivity index (χ2v) is 4.42. The number of nitro benzene ring substituents is 1. The van der Waals surface area contributed by atoms with E-state index in [1.165, 1.54) is 18.9 Å². The molecule has 0 aromatic heterocycles. The number of hydrogen-bond acceptors (Lipinski definition) is 3. The molecule has 0 bridgehead atoms. The summed E-state index contributed by atoms with van der Waals surface area (Å²) in [5.41, 5.74) is 7.17. The lowest BCUT2D eigenvalue weighted by molar-refractivity contribution is -0.384. The van der Waals surface area contributed by atoms with E-state index in [2.05, 4.69) is 0 Å². The molecule has 0 heterocycles. The Morgan fingerprint density at radius 2 is 2.00 bits per heavy atom. The summed E-state index contributed by atoms with van der Waals surface area (Å²) in [6.45, 7) is 0. The Balaban J connectivity index is 0.00000144. The molecule has 2 N–H and O–H groups in total. The number of nitrogens with zero attached hydrogens (tertiary/aromatic N) is 1. The zero-order chi connectivity index (χ0) is 11.5. The lowest BCUT2D eigenvalue weighted by Gasteiger charge is -2.18. The van der Waals surface area contributed by atoms with Gasteiger partial charge in [0.15, 0.2) is 0 Å². The van der Waals surface area contributed by atoms with Crippen LogP contribution < -0.4 is 5.73 Å². The van der Waals surface area contributed by atoms with E-state index >= 15 is 0 Å². The topological polar surface area (TPSA) is 69.2 Å². The summed E-state index contributed by atoms with van der Waals surface area (Å²) in [6, 6.07) is 6.65. The molecule has 0 spiro atoms. The molecule has 1 aliphatic carbocycles. The molecule has 1 aromatic rings. The number of rotatable bonds is 3. The van der Waals surface area contributed by atoms with Crippen molar-refractivity contribution in [2.24, 2.45) is 11.7 Å². The molecule has 0 amide bonds. The molecular weight excluding hydrogens is 240 g/mol. The number of benzene rings is 1. The van der Waals surface area contributed by atoms with Crippen LogP contribution in [0.25, 0.3) is 0 Å². The van der Waals surface area contributed by atoms with Gasteiger partial charge in [0.25, 0.3) is 5.69 Å². The van der Waals surface area contributed by atoms with Crippen molar-refractivity contribution >= 4 is 18.1 Å².